The first-order valence-electron chi connectivity index (χ1n) is 5.88. The summed E-state index contributed by atoms with van der Waals surface area (Å²) in [5.41, 5.74) is 0.643. The highest BCUT2D eigenvalue weighted by Crippen LogP contribution is 2.26. The maximum absolute atomic E-state index is 12.1. The van der Waals surface area contributed by atoms with Gasteiger partial charge in [0.15, 0.2) is 10.9 Å². The molecule has 0 aliphatic rings. The molecule has 0 fully saturated rings. The van der Waals surface area contributed by atoms with Gasteiger partial charge in [0.1, 0.15) is 11.6 Å². The Kier molecular flexibility index (Phi) is 4.82. The number of carbonyl (C=O) groups is 1. The zero-order valence-corrected chi connectivity index (χ0v) is 13.8. The van der Waals surface area contributed by atoms with Crippen LogP contribution in [0, 0.1) is 6.92 Å². The lowest BCUT2D eigenvalue weighted by molar-refractivity contribution is 0.102. The monoisotopic (exact) mass is 355 g/mol. The van der Waals surface area contributed by atoms with Gasteiger partial charge in [-0.1, -0.05) is 11.8 Å². The number of carbonyl (C=O) groups excluding carboxylic acids is 1. The van der Waals surface area contributed by atoms with E-state index < -0.39 is 0 Å². The third-order valence-corrected chi connectivity index (χ3v) is 4.50. The van der Waals surface area contributed by atoms with Gasteiger partial charge in [0, 0.05) is 12.6 Å². The molecular formula is C13H14BrN3O2S. The van der Waals surface area contributed by atoms with Crippen molar-refractivity contribution in [3.8, 4) is 5.75 Å². The SMILES string of the molecule is COc1ccc(C(=O)CSc2nnc(C)n2C)cc1Br. The summed E-state index contributed by atoms with van der Waals surface area (Å²) in [7, 11) is 3.47. The Hall–Kier alpha value is -1.34. The number of ketones is 1. The Balaban J connectivity index is 2.05. The molecule has 0 saturated heterocycles. The number of benzene rings is 1. The average Bonchev–Trinajstić information content (AvgIpc) is 2.76. The summed E-state index contributed by atoms with van der Waals surface area (Å²) in [5, 5.41) is 8.72. The van der Waals surface area contributed by atoms with E-state index in [2.05, 4.69) is 26.1 Å². The van der Waals surface area contributed by atoms with Crippen molar-refractivity contribution >= 4 is 33.5 Å². The standard InChI is InChI=1S/C13H14BrN3O2S/c1-8-15-16-13(17(8)2)20-7-11(18)9-4-5-12(19-3)10(14)6-9/h4-6H,7H2,1-3H3. The molecule has 0 atom stereocenters. The molecule has 2 rings (SSSR count). The molecule has 0 saturated carbocycles. The lowest BCUT2D eigenvalue weighted by Gasteiger charge is -2.05. The normalized spacial score (nSPS) is 10.6. The fourth-order valence-electron chi connectivity index (χ4n) is 1.57. The fraction of sp³-hybridized carbons (Fsp3) is 0.308. The molecule has 0 bridgehead atoms. The van der Waals surface area contributed by atoms with Crippen molar-refractivity contribution in [2.45, 2.75) is 12.1 Å². The van der Waals surface area contributed by atoms with Crippen LogP contribution in [0.5, 0.6) is 5.75 Å². The Morgan fingerprint density at radius 1 is 1.45 bits per heavy atom. The Morgan fingerprint density at radius 3 is 2.75 bits per heavy atom. The van der Waals surface area contributed by atoms with E-state index in [0.717, 1.165) is 15.5 Å². The molecule has 1 heterocycles. The maximum Gasteiger partial charge on any atom is 0.191 e. The fourth-order valence-corrected chi connectivity index (χ4v) is 2.96. The number of aromatic nitrogens is 3. The number of ether oxygens (including phenoxy) is 1. The molecule has 1 aromatic carbocycles. The van der Waals surface area contributed by atoms with Crippen LogP contribution in [-0.4, -0.2) is 33.4 Å². The van der Waals surface area contributed by atoms with Crippen molar-refractivity contribution in [2.24, 2.45) is 7.05 Å². The minimum Gasteiger partial charge on any atom is -0.496 e. The van der Waals surface area contributed by atoms with Gasteiger partial charge in [-0.2, -0.15) is 0 Å². The van der Waals surface area contributed by atoms with Crippen LogP contribution in [0.3, 0.4) is 0 Å². The first-order valence-corrected chi connectivity index (χ1v) is 7.66. The summed E-state index contributed by atoms with van der Waals surface area (Å²) in [6.45, 7) is 1.87. The van der Waals surface area contributed by atoms with Crippen molar-refractivity contribution in [3.05, 3.63) is 34.1 Å². The summed E-state index contributed by atoms with van der Waals surface area (Å²) in [6.07, 6.45) is 0. The number of halogens is 1. The van der Waals surface area contributed by atoms with E-state index >= 15 is 0 Å². The van der Waals surface area contributed by atoms with E-state index in [9.17, 15) is 4.79 Å². The molecule has 106 valence electrons. The zero-order valence-electron chi connectivity index (χ0n) is 11.4. The summed E-state index contributed by atoms with van der Waals surface area (Å²) < 4.78 is 7.77. The second-order valence-electron chi connectivity index (χ2n) is 4.15. The molecule has 0 spiro atoms. The number of methoxy groups -OCH3 is 1. The minimum absolute atomic E-state index is 0.0407. The van der Waals surface area contributed by atoms with Crippen LogP contribution in [0.1, 0.15) is 16.2 Å². The number of rotatable bonds is 5. The maximum atomic E-state index is 12.1. The molecule has 20 heavy (non-hydrogen) atoms. The van der Waals surface area contributed by atoms with E-state index in [-0.39, 0.29) is 5.78 Å². The molecule has 0 N–H and O–H groups in total. The van der Waals surface area contributed by atoms with Crippen LogP contribution < -0.4 is 4.74 Å². The quantitative estimate of drug-likeness (QED) is 0.609. The van der Waals surface area contributed by atoms with Gasteiger partial charge >= 0.3 is 0 Å². The molecule has 0 radical (unpaired) electrons. The Morgan fingerprint density at radius 2 is 2.20 bits per heavy atom. The Labute approximate surface area is 129 Å². The van der Waals surface area contributed by atoms with Crippen LogP contribution in [0.4, 0.5) is 0 Å². The van der Waals surface area contributed by atoms with Crippen LogP contribution in [0.25, 0.3) is 0 Å². The van der Waals surface area contributed by atoms with Gasteiger partial charge in [0.2, 0.25) is 0 Å². The van der Waals surface area contributed by atoms with E-state index in [1.807, 2.05) is 18.5 Å². The molecule has 7 heteroatoms. The predicted molar refractivity (Wildman–Crippen MR) is 81.5 cm³/mol. The molecular weight excluding hydrogens is 342 g/mol. The molecule has 0 aliphatic carbocycles. The topological polar surface area (TPSA) is 57.0 Å². The first kappa shape index (κ1) is 15.1. The second kappa shape index (κ2) is 6.41. The van der Waals surface area contributed by atoms with E-state index in [4.69, 9.17) is 4.74 Å². The van der Waals surface area contributed by atoms with Gasteiger partial charge < -0.3 is 9.30 Å². The van der Waals surface area contributed by atoms with Crippen molar-refractivity contribution in [1.82, 2.24) is 14.8 Å². The number of thioether (sulfide) groups is 1. The van der Waals surface area contributed by atoms with Gasteiger partial charge in [-0.3, -0.25) is 4.79 Å². The number of nitrogens with zero attached hydrogens (tertiary/aromatic N) is 3. The third kappa shape index (κ3) is 3.21. The largest absolute Gasteiger partial charge is 0.496 e. The molecule has 2 aromatic rings. The van der Waals surface area contributed by atoms with E-state index in [0.29, 0.717) is 17.1 Å². The number of aryl methyl sites for hydroxylation is 1. The first-order chi connectivity index (χ1) is 9.52. The van der Waals surface area contributed by atoms with Crippen LogP contribution in [0.15, 0.2) is 27.8 Å². The highest BCUT2D eigenvalue weighted by atomic mass is 79.9. The minimum atomic E-state index is 0.0407. The van der Waals surface area contributed by atoms with E-state index in [1.165, 1.54) is 11.8 Å². The van der Waals surface area contributed by atoms with Gasteiger partial charge in [-0.25, -0.2) is 0 Å². The highest BCUT2D eigenvalue weighted by molar-refractivity contribution is 9.10. The third-order valence-electron chi connectivity index (χ3n) is 2.86. The second-order valence-corrected chi connectivity index (χ2v) is 5.95. The molecule has 1 aromatic heterocycles. The molecule has 0 unspecified atom stereocenters. The number of hydrogen-bond acceptors (Lipinski definition) is 5. The lowest BCUT2D eigenvalue weighted by Crippen LogP contribution is -2.04. The average molecular weight is 356 g/mol. The van der Waals surface area contributed by atoms with E-state index in [1.54, 1.807) is 25.3 Å². The van der Waals surface area contributed by atoms with Gasteiger partial charge in [-0.15, -0.1) is 10.2 Å². The summed E-state index contributed by atoms with van der Waals surface area (Å²) in [5.74, 6) is 1.90. The van der Waals surface area contributed by atoms with Crippen LogP contribution >= 0.6 is 27.7 Å². The molecule has 0 amide bonds. The van der Waals surface area contributed by atoms with Crippen LogP contribution in [-0.2, 0) is 7.05 Å². The Bertz CT molecular complexity index is 643. The van der Waals surface area contributed by atoms with Crippen LogP contribution in [0.2, 0.25) is 0 Å². The van der Waals surface area contributed by atoms with Crippen molar-refractivity contribution in [3.63, 3.8) is 0 Å². The van der Waals surface area contributed by atoms with Crippen molar-refractivity contribution < 1.29 is 9.53 Å². The summed E-state index contributed by atoms with van der Waals surface area (Å²) in [6, 6.07) is 5.30. The van der Waals surface area contributed by atoms with Gasteiger partial charge in [-0.05, 0) is 41.1 Å². The van der Waals surface area contributed by atoms with Crippen molar-refractivity contribution in [1.29, 1.82) is 0 Å². The highest BCUT2D eigenvalue weighted by Gasteiger charge is 2.12. The predicted octanol–water partition coefficient (Wildman–Crippen LogP) is 2.87. The molecule has 0 aliphatic heterocycles. The summed E-state index contributed by atoms with van der Waals surface area (Å²) >= 11 is 4.76. The lowest BCUT2D eigenvalue weighted by atomic mass is 10.1. The van der Waals surface area contributed by atoms with Gasteiger partial charge in [0.05, 0.1) is 17.3 Å². The molecule has 5 nitrogen and oxygen atoms in total. The summed E-state index contributed by atoms with van der Waals surface area (Å²) in [4.78, 5) is 12.1. The number of Topliss-reactive ketones (excluding diaryl/α,β-unsaturated/α-hetero) is 1. The van der Waals surface area contributed by atoms with Gasteiger partial charge in [0.25, 0.3) is 0 Å². The number of hydrogen-bond donors (Lipinski definition) is 0. The van der Waals surface area contributed by atoms with Crippen molar-refractivity contribution in [2.75, 3.05) is 12.9 Å². The zero-order chi connectivity index (χ0) is 14.7. The smallest absolute Gasteiger partial charge is 0.191 e.